The van der Waals surface area contributed by atoms with Gasteiger partial charge in [0.2, 0.25) is 0 Å². The van der Waals surface area contributed by atoms with E-state index in [9.17, 15) is 0 Å². The molecule has 0 aliphatic rings. The van der Waals surface area contributed by atoms with Crippen LogP contribution in [0, 0.1) is 0 Å². The van der Waals surface area contributed by atoms with Gasteiger partial charge in [-0.1, -0.05) is 41.0 Å². The predicted molar refractivity (Wildman–Crippen MR) is 70.7 cm³/mol. The molecule has 4 nitrogen and oxygen atoms in total. The lowest BCUT2D eigenvalue weighted by Gasteiger charge is -2.17. The summed E-state index contributed by atoms with van der Waals surface area (Å²) in [6.07, 6.45) is 2.96. The van der Waals surface area contributed by atoms with Crippen molar-refractivity contribution in [2.75, 3.05) is 18.1 Å². The number of rotatable bonds is 1. The van der Waals surface area contributed by atoms with Crippen molar-refractivity contribution >= 4 is 11.5 Å². The van der Waals surface area contributed by atoms with Crippen LogP contribution < -0.4 is 11.1 Å². The molecule has 0 amide bonds. The molecule has 0 unspecified atom stereocenters. The standard InChI is InChI=1S/C9H16N4.C3H8/c1-9(2,3)8-12-5-6(11-4)7(10)13-8;1-3-2/h5,11H,1-4H3,(H2,10,12,13);3H2,1-2H3. The lowest BCUT2D eigenvalue weighted by molar-refractivity contribution is 0.546. The van der Waals surface area contributed by atoms with Gasteiger partial charge in [0.25, 0.3) is 0 Å². The molecule has 0 aromatic carbocycles. The van der Waals surface area contributed by atoms with E-state index in [1.54, 1.807) is 13.2 Å². The average Bonchev–Trinajstić information content (AvgIpc) is 2.17. The highest BCUT2D eigenvalue weighted by Crippen LogP contribution is 2.21. The Labute approximate surface area is 98.7 Å². The second-order valence-corrected chi connectivity index (χ2v) is 4.70. The number of hydrogen-bond acceptors (Lipinski definition) is 4. The molecule has 0 aliphatic carbocycles. The minimum atomic E-state index is -0.0552. The first-order chi connectivity index (χ1) is 7.36. The van der Waals surface area contributed by atoms with E-state index in [4.69, 9.17) is 5.73 Å². The van der Waals surface area contributed by atoms with Crippen LogP contribution in [0.1, 0.15) is 46.9 Å². The van der Waals surface area contributed by atoms with Crippen molar-refractivity contribution in [2.45, 2.75) is 46.5 Å². The molecule has 16 heavy (non-hydrogen) atoms. The molecule has 1 rings (SSSR count). The highest BCUT2D eigenvalue weighted by molar-refractivity contribution is 5.59. The van der Waals surface area contributed by atoms with E-state index >= 15 is 0 Å². The molecule has 0 radical (unpaired) electrons. The summed E-state index contributed by atoms with van der Waals surface area (Å²) in [7, 11) is 1.80. The number of hydrogen-bond donors (Lipinski definition) is 2. The summed E-state index contributed by atoms with van der Waals surface area (Å²) in [6.45, 7) is 10.4. The topological polar surface area (TPSA) is 63.8 Å². The van der Waals surface area contributed by atoms with E-state index in [0.29, 0.717) is 5.82 Å². The van der Waals surface area contributed by atoms with Gasteiger partial charge in [-0.05, 0) is 0 Å². The first-order valence-electron chi connectivity index (χ1n) is 5.67. The number of nitrogens with two attached hydrogens (primary N) is 1. The third kappa shape index (κ3) is 4.47. The fraction of sp³-hybridized carbons (Fsp3) is 0.667. The quantitative estimate of drug-likeness (QED) is 0.770. The zero-order chi connectivity index (χ0) is 12.8. The molecule has 0 aliphatic heterocycles. The maximum Gasteiger partial charge on any atom is 0.150 e. The van der Waals surface area contributed by atoms with Crippen molar-refractivity contribution in [3.05, 3.63) is 12.0 Å². The third-order valence-corrected chi connectivity index (χ3v) is 1.76. The van der Waals surface area contributed by atoms with Gasteiger partial charge in [-0.25, -0.2) is 9.97 Å². The number of aromatic nitrogens is 2. The largest absolute Gasteiger partial charge is 0.384 e. The summed E-state index contributed by atoms with van der Waals surface area (Å²) in [5.41, 5.74) is 6.43. The molecule has 0 saturated heterocycles. The molecule has 1 aromatic rings. The third-order valence-electron chi connectivity index (χ3n) is 1.76. The molecular formula is C12H24N4. The van der Waals surface area contributed by atoms with Gasteiger partial charge in [-0.2, -0.15) is 0 Å². The molecule has 3 N–H and O–H groups in total. The van der Waals surface area contributed by atoms with Crippen LogP contribution in [0.5, 0.6) is 0 Å². The van der Waals surface area contributed by atoms with Crippen LogP contribution in [-0.2, 0) is 5.41 Å². The van der Waals surface area contributed by atoms with Crippen molar-refractivity contribution in [3.63, 3.8) is 0 Å². The molecule has 0 atom stereocenters. The monoisotopic (exact) mass is 224 g/mol. The number of anilines is 2. The van der Waals surface area contributed by atoms with Crippen LogP contribution >= 0.6 is 0 Å². The fourth-order valence-electron chi connectivity index (χ4n) is 0.949. The van der Waals surface area contributed by atoms with Crippen molar-refractivity contribution in [3.8, 4) is 0 Å². The Morgan fingerprint density at radius 1 is 1.31 bits per heavy atom. The maximum absolute atomic E-state index is 5.71. The molecule has 92 valence electrons. The first-order valence-corrected chi connectivity index (χ1v) is 5.67. The predicted octanol–water partition coefficient (Wildman–Crippen LogP) is 2.81. The second kappa shape index (κ2) is 6.30. The van der Waals surface area contributed by atoms with E-state index in [-0.39, 0.29) is 5.41 Å². The van der Waals surface area contributed by atoms with Crippen molar-refractivity contribution < 1.29 is 0 Å². The molecule has 0 fully saturated rings. The summed E-state index contributed by atoms with van der Waals surface area (Å²) >= 11 is 0. The summed E-state index contributed by atoms with van der Waals surface area (Å²) < 4.78 is 0. The fourth-order valence-corrected chi connectivity index (χ4v) is 0.949. The van der Waals surface area contributed by atoms with Gasteiger partial charge in [0, 0.05) is 12.5 Å². The molecule has 4 heteroatoms. The van der Waals surface area contributed by atoms with Gasteiger partial charge in [0.15, 0.2) is 5.82 Å². The maximum atomic E-state index is 5.71. The van der Waals surface area contributed by atoms with Crippen molar-refractivity contribution in [1.82, 2.24) is 9.97 Å². The molecule has 0 spiro atoms. The van der Waals surface area contributed by atoms with Crippen LogP contribution in [0.25, 0.3) is 0 Å². The highest BCUT2D eigenvalue weighted by atomic mass is 15.0. The van der Waals surface area contributed by atoms with Gasteiger partial charge in [-0.15, -0.1) is 0 Å². The van der Waals surface area contributed by atoms with Crippen LogP contribution in [0.15, 0.2) is 6.20 Å². The lowest BCUT2D eigenvalue weighted by Crippen LogP contribution is -2.17. The first kappa shape index (κ1) is 14.7. The minimum absolute atomic E-state index is 0.0552. The van der Waals surface area contributed by atoms with E-state index in [2.05, 4.69) is 49.9 Å². The average molecular weight is 224 g/mol. The summed E-state index contributed by atoms with van der Waals surface area (Å²) in [5, 5.41) is 2.92. The van der Waals surface area contributed by atoms with Crippen molar-refractivity contribution in [2.24, 2.45) is 0 Å². The lowest BCUT2D eigenvalue weighted by atomic mass is 9.96. The van der Waals surface area contributed by atoms with E-state index in [1.807, 2.05) is 0 Å². The van der Waals surface area contributed by atoms with E-state index in [0.717, 1.165) is 11.5 Å². The summed E-state index contributed by atoms with van der Waals surface area (Å²) in [6, 6.07) is 0. The van der Waals surface area contributed by atoms with Gasteiger partial charge in [-0.3, -0.25) is 0 Å². The Balaban J connectivity index is 0.000000673. The Kier molecular flexibility index (Phi) is 5.78. The van der Waals surface area contributed by atoms with Gasteiger partial charge >= 0.3 is 0 Å². The number of nitrogens with zero attached hydrogens (tertiary/aromatic N) is 2. The van der Waals surface area contributed by atoms with E-state index in [1.165, 1.54) is 6.42 Å². The van der Waals surface area contributed by atoms with Crippen LogP contribution in [-0.4, -0.2) is 17.0 Å². The smallest absolute Gasteiger partial charge is 0.150 e. The normalized spacial score (nSPS) is 10.4. The second-order valence-electron chi connectivity index (χ2n) is 4.70. The number of nitrogens with one attached hydrogen (secondary N) is 1. The molecule has 1 aromatic heterocycles. The van der Waals surface area contributed by atoms with Crippen LogP contribution in [0.2, 0.25) is 0 Å². The molecule has 0 bridgehead atoms. The van der Waals surface area contributed by atoms with E-state index < -0.39 is 0 Å². The molecule has 1 heterocycles. The molecule has 0 saturated carbocycles. The van der Waals surface area contributed by atoms with Gasteiger partial charge in [0.1, 0.15) is 5.82 Å². The zero-order valence-corrected chi connectivity index (χ0v) is 11.3. The summed E-state index contributed by atoms with van der Waals surface area (Å²) in [4.78, 5) is 8.45. The molecular weight excluding hydrogens is 200 g/mol. The van der Waals surface area contributed by atoms with Crippen molar-refractivity contribution in [1.29, 1.82) is 0 Å². The SMILES string of the molecule is CCC.CNc1cnc(C(C)(C)C)nc1N. The van der Waals surface area contributed by atoms with Crippen LogP contribution in [0.3, 0.4) is 0 Å². The van der Waals surface area contributed by atoms with Crippen LogP contribution in [0.4, 0.5) is 11.5 Å². The Bertz CT molecular complexity index is 315. The Morgan fingerprint density at radius 2 is 1.81 bits per heavy atom. The highest BCUT2D eigenvalue weighted by Gasteiger charge is 2.17. The zero-order valence-electron chi connectivity index (χ0n) is 11.3. The Hall–Kier alpha value is -1.32. The van der Waals surface area contributed by atoms with Gasteiger partial charge < -0.3 is 11.1 Å². The number of nitrogen functional groups attached to an aromatic ring is 1. The van der Waals surface area contributed by atoms with Gasteiger partial charge in [0.05, 0.1) is 11.9 Å². The summed E-state index contributed by atoms with van der Waals surface area (Å²) in [5.74, 6) is 1.27. The minimum Gasteiger partial charge on any atom is -0.384 e. The Morgan fingerprint density at radius 3 is 2.12 bits per heavy atom.